The molecule has 0 aromatic heterocycles. The molecule has 0 saturated heterocycles. The normalized spacial score (nSPS) is 9.82. The summed E-state index contributed by atoms with van der Waals surface area (Å²) >= 11 is 3.16. The minimum atomic E-state index is -0.493. The highest BCUT2D eigenvalue weighted by atomic mass is 79.9. The van der Waals surface area contributed by atoms with Gasteiger partial charge in [0.1, 0.15) is 5.69 Å². The molecule has 7 heteroatoms. The number of hydrogen-bond acceptors (Lipinski definition) is 4. The molecule has 0 aliphatic rings. The van der Waals surface area contributed by atoms with E-state index in [4.69, 9.17) is 0 Å². The lowest BCUT2D eigenvalue weighted by atomic mass is 10.2. The topological polar surface area (TPSA) is 75.5 Å². The second-order valence-electron chi connectivity index (χ2n) is 3.56. The zero-order chi connectivity index (χ0) is 13.0. The highest BCUT2D eigenvalue weighted by Crippen LogP contribution is 2.27. The maximum atomic E-state index is 11.3. The lowest BCUT2D eigenvalue weighted by Gasteiger charge is -2.11. The minimum absolute atomic E-state index is 0.0233. The van der Waals surface area contributed by atoms with Crippen LogP contribution < -0.4 is 5.32 Å². The van der Waals surface area contributed by atoms with Crippen LogP contribution in [-0.4, -0.2) is 36.4 Å². The molecule has 0 spiro atoms. The van der Waals surface area contributed by atoms with E-state index in [-0.39, 0.29) is 18.1 Å². The summed E-state index contributed by atoms with van der Waals surface area (Å²) < 4.78 is 0.619. The summed E-state index contributed by atoms with van der Waals surface area (Å²) in [5.74, 6) is -0.151. The highest BCUT2D eigenvalue weighted by molar-refractivity contribution is 9.10. The van der Waals surface area contributed by atoms with Crippen LogP contribution in [0.4, 0.5) is 11.4 Å². The number of hydrogen-bond donors (Lipinski definition) is 1. The van der Waals surface area contributed by atoms with Crippen molar-refractivity contribution in [2.24, 2.45) is 0 Å². The van der Waals surface area contributed by atoms with Gasteiger partial charge in [-0.05, 0) is 12.1 Å². The van der Waals surface area contributed by atoms with Crippen molar-refractivity contribution in [3.63, 3.8) is 0 Å². The molecule has 0 radical (unpaired) electrons. The van der Waals surface area contributed by atoms with Crippen molar-refractivity contribution in [1.29, 1.82) is 0 Å². The Morgan fingerprint density at radius 1 is 1.53 bits per heavy atom. The Balaban J connectivity index is 2.84. The molecule has 0 heterocycles. The van der Waals surface area contributed by atoms with Crippen LogP contribution in [0.15, 0.2) is 22.7 Å². The Morgan fingerprint density at radius 2 is 2.18 bits per heavy atom. The first-order valence-electron chi connectivity index (χ1n) is 4.80. The molecule has 0 atom stereocenters. The number of carbonyl (C=O) groups is 1. The number of rotatable bonds is 4. The zero-order valence-electron chi connectivity index (χ0n) is 9.44. The lowest BCUT2D eigenvalue weighted by Crippen LogP contribution is -2.28. The number of halogens is 1. The van der Waals surface area contributed by atoms with Crippen LogP contribution in [0.25, 0.3) is 0 Å². The van der Waals surface area contributed by atoms with Crippen LogP contribution >= 0.6 is 15.9 Å². The monoisotopic (exact) mass is 301 g/mol. The third kappa shape index (κ3) is 3.70. The third-order valence-electron chi connectivity index (χ3n) is 2.09. The molecule has 1 amide bonds. The van der Waals surface area contributed by atoms with E-state index in [1.54, 1.807) is 26.2 Å². The second kappa shape index (κ2) is 5.62. The Bertz CT molecular complexity index is 448. The van der Waals surface area contributed by atoms with Crippen molar-refractivity contribution in [3.8, 4) is 0 Å². The van der Waals surface area contributed by atoms with Gasteiger partial charge in [-0.3, -0.25) is 14.9 Å². The molecule has 1 aromatic rings. The standard InChI is InChI=1S/C10H12BrN3O3/c1-13(2)10(15)6-12-8-4-3-7(11)5-9(8)14(16)17/h3-5,12H,6H2,1-2H3. The summed E-state index contributed by atoms with van der Waals surface area (Å²) in [5.41, 5.74) is 0.263. The summed E-state index contributed by atoms with van der Waals surface area (Å²) in [7, 11) is 3.25. The van der Waals surface area contributed by atoms with Crippen LogP contribution in [0.5, 0.6) is 0 Å². The molecule has 92 valence electrons. The molecular formula is C10H12BrN3O3. The van der Waals surface area contributed by atoms with E-state index in [9.17, 15) is 14.9 Å². The minimum Gasteiger partial charge on any atom is -0.371 e. The predicted molar refractivity (Wildman–Crippen MR) is 68.0 cm³/mol. The van der Waals surface area contributed by atoms with Gasteiger partial charge < -0.3 is 10.2 Å². The van der Waals surface area contributed by atoms with Crippen molar-refractivity contribution >= 4 is 33.2 Å². The van der Waals surface area contributed by atoms with E-state index in [2.05, 4.69) is 21.2 Å². The molecule has 0 aliphatic heterocycles. The van der Waals surface area contributed by atoms with Crippen molar-refractivity contribution in [1.82, 2.24) is 4.90 Å². The molecule has 1 N–H and O–H groups in total. The summed E-state index contributed by atoms with van der Waals surface area (Å²) in [6.45, 7) is 0.0233. The first-order chi connectivity index (χ1) is 7.91. The van der Waals surface area contributed by atoms with E-state index in [1.165, 1.54) is 11.0 Å². The fourth-order valence-electron chi connectivity index (χ4n) is 1.13. The molecule has 17 heavy (non-hydrogen) atoms. The Hall–Kier alpha value is -1.63. The summed E-state index contributed by atoms with van der Waals surface area (Å²) in [4.78, 5) is 23.1. The average molecular weight is 302 g/mol. The first-order valence-corrected chi connectivity index (χ1v) is 5.59. The summed E-state index contributed by atoms with van der Waals surface area (Å²) in [6.07, 6.45) is 0. The van der Waals surface area contributed by atoms with Gasteiger partial charge >= 0.3 is 0 Å². The maximum Gasteiger partial charge on any atom is 0.293 e. The van der Waals surface area contributed by atoms with E-state index < -0.39 is 4.92 Å². The average Bonchev–Trinajstić information content (AvgIpc) is 2.26. The fraction of sp³-hybridized carbons (Fsp3) is 0.300. The van der Waals surface area contributed by atoms with Crippen LogP contribution in [0.3, 0.4) is 0 Å². The zero-order valence-corrected chi connectivity index (χ0v) is 11.0. The van der Waals surface area contributed by atoms with Gasteiger partial charge in [-0.15, -0.1) is 0 Å². The van der Waals surface area contributed by atoms with Crippen LogP contribution in [0.2, 0.25) is 0 Å². The van der Waals surface area contributed by atoms with Crippen LogP contribution in [0.1, 0.15) is 0 Å². The SMILES string of the molecule is CN(C)C(=O)CNc1ccc(Br)cc1[N+](=O)[O-]. The molecule has 1 rings (SSSR count). The summed E-state index contributed by atoms with van der Waals surface area (Å²) in [5, 5.41) is 13.6. The maximum absolute atomic E-state index is 11.3. The Morgan fingerprint density at radius 3 is 2.71 bits per heavy atom. The van der Waals surface area contributed by atoms with E-state index in [1.807, 2.05) is 0 Å². The fourth-order valence-corrected chi connectivity index (χ4v) is 1.48. The van der Waals surface area contributed by atoms with Crippen molar-refractivity contribution in [2.75, 3.05) is 26.0 Å². The van der Waals surface area contributed by atoms with Gasteiger partial charge in [-0.2, -0.15) is 0 Å². The number of anilines is 1. The quantitative estimate of drug-likeness (QED) is 0.680. The Kier molecular flexibility index (Phi) is 4.45. The smallest absolute Gasteiger partial charge is 0.293 e. The molecule has 0 bridgehead atoms. The number of nitrogens with one attached hydrogen (secondary N) is 1. The number of nitro benzene ring substituents is 1. The molecular weight excluding hydrogens is 290 g/mol. The largest absolute Gasteiger partial charge is 0.371 e. The van der Waals surface area contributed by atoms with Gasteiger partial charge in [0.05, 0.1) is 11.5 Å². The predicted octanol–water partition coefficient (Wildman–Crippen LogP) is 1.86. The van der Waals surface area contributed by atoms with Crippen molar-refractivity contribution < 1.29 is 9.72 Å². The Labute approximate surface area is 107 Å². The molecule has 0 fully saturated rings. The number of carbonyl (C=O) groups excluding carboxylic acids is 1. The van der Waals surface area contributed by atoms with Gasteiger partial charge in [0, 0.05) is 24.6 Å². The number of nitrogens with zero attached hydrogens (tertiary/aromatic N) is 2. The summed E-state index contributed by atoms with van der Waals surface area (Å²) in [6, 6.07) is 4.63. The van der Waals surface area contributed by atoms with Gasteiger partial charge in [-0.25, -0.2) is 0 Å². The van der Waals surface area contributed by atoms with E-state index in [0.29, 0.717) is 10.2 Å². The molecule has 0 unspecified atom stereocenters. The van der Waals surface area contributed by atoms with Gasteiger partial charge in [0.2, 0.25) is 5.91 Å². The lowest BCUT2D eigenvalue weighted by molar-refractivity contribution is -0.384. The number of amides is 1. The number of nitro groups is 1. The molecule has 6 nitrogen and oxygen atoms in total. The molecule has 0 aliphatic carbocycles. The van der Waals surface area contributed by atoms with Gasteiger partial charge in [-0.1, -0.05) is 15.9 Å². The third-order valence-corrected chi connectivity index (χ3v) is 2.58. The van der Waals surface area contributed by atoms with E-state index >= 15 is 0 Å². The molecule has 1 aromatic carbocycles. The second-order valence-corrected chi connectivity index (χ2v) is 4.48. The van der Waals surface area contributed by atoms with Gasteiger partial charge in [0.25, 0.3) is 5.69 Å². The molecule has 0 saturated carbocycles. The van der Waals surface area contributed by atoms with Crippen molar-refractivity contribution in [2.45, 2.75) is 0 Å². The van der Waals surface area contributed by atoms with Crippen LogP contribution in [-0.2, 0) is 4.79 Å². The number of benzene rings is 1. The van der Waals surface area contributed by atoms with Gasteiger partial charge in [0.15, 0.2) is 0 Å². The highest BCUT2D eigenvalue weighted by Gasteiger charge is 2.15. The van der Waals surface area contributed by atoms with E-state index in [0.717, 1.165) is 0 Å². The van der Waals surface area contributed by atoms with Crippen LogP contribution in [0, 0.1) is 10.1 Å². The van der Waals surface area contributed by atoms with Crippen molar-refractivity contribution in [3.05, 3.63) is 32.8 Å². The number of likely N-dealkylation sites (N-methyl/N-ethyl adjacent to an activating group) is 1. The first kappa shape index (κ1) is 13.4.